The zero-order valence-corrected chi connectivity index (χ0v) is 67.1. The van der Waals surface area contributed by atoms with Crippen molar-refractivity contribution >= 4 is 82.6 Å². The number of pyridine rings is 1. The molecule has 584 valence electrons. The Balaban J connectivity index is 0.673. The topological polar surface area (TPSA) is 287 Å². The van der Waals surface area contributed by atoms with Gasteiger partial charge in [-0.05, 0) is 199 Å². The van der Waals surface area contributed by atoms with Crippen LogP contribution in [0.25, 0.3) is 21.3 Å². The van der Waals surface area contributed by atoms with Crippen LogP contribution in [0.2, 0.25) is 25.7 Å². The number of aromatic nitrogens is 9. The molecule has 28 heteroatoms. The molecule has 5 aromatic heterocycles. The van der Waals surface area contributed by atoms with E-state index in [0.29, 0.717) is 68.3 Å². The third-order valence-corrected chi connectivity index (χ3v) is 24.9. The summed E-state index contributed by atoms with van der Waals surface area (Å²) in [5.74, 6) is -1.14. The summed E-state index contributed by atoms with van der Waals surface area (Å²) in [5.41, 5.74) is 6.35. The Hall–Kier alpha value is -9.35. The summed E-state index contributed by atoms with van der Waals surface area (Å²) in [4.78, 5) is 95.1. The highest BCUT2D eigenvalue weighted by Crippen LogP contribution is 2.72. The number of carbonyl (C=O) groups excluding carboxylic acids is 6. The molecular weight excluding hydrogens is 1430 g/mol. The summed E-state index contributed by atoms with van der Waals surface area (Å²) < 4.78 is 38.0. The van der Waals surface area contributed by atoms with Crippen LogP contribution in [0.4, 0.5) is 17.5 Å². The number of piperidine rings is 1. The van der Waals surface area contributed by atoms with E-state index in [1.807, 2.05) is 83.5 Å². The third kappa shape index (κ3) is 18.5. The first-order valence-corrected chi connectivity index (χ1v) is 43.4. The maximum atomic E-state index is 15.0. The van der Waals surface area contributed by atoms with Gasteiger partial charge in [0.25, 0.3) is 17.7 Å². The van der Waals surface area contributed by atoms with E-state index in [1.165, 1.54) is 18.6 Å². The van der Waals surface area contributed by atoms with Gasteiger partial charge in [0.1, 0.15) is 36.7 Å². The number of para-hydroxylation sites is 1. The first-order chi connectivity index (χ1) is 52.8. The average Bonchev–Trinajstić information content (AvgIpc) is 0.827. The van der Waals surface area contributed by atoms with E-state index in [2.05, 4.69) is 102 Å². The smallest absolute Gasteiger partial charge is 0.358 e. The molecule has 8 aromatic rings. The Kier molecular flexibility index (Phi) is 24.1. The number of anilines is 2. The minimum Gasteiger partial charge on any atom is -0.497 e. The van der Waals surface area contributed by atoms with Crippen molar-refractivity contribution in [3.8, 4) is 22.6 Å². The molecule has 3 aromatic carbocycles. The Labute approximate surface area is 648 Å². The maximum absolute atomic E-state index is 15.0. The lowest BCUT2D eigenvalue weighted by Crippen LogP contribution is -2.64. The summed E-state index contributed by atoms with van der Waals surface area (Å²) in [6.07, 6.45) is 18.3. The molecule has 5 fully saturated rings. The van der Waals surface area contributed by atoms with Crippen molar-refractivity contribution in [3.05, 3.63) is 141 Å². The van der Waals surface area contributed by atoms with Crippen LogP contribution in [0.5, 0.6) is 11.5 Å². The molecule has 6 aliphatic rings. The number of esters is 1. The Morgan fingerprint density at radius 1 is 0.791 bits per heavy atom. The zero-order valence-electron chi connectivity index (χ0n) is 65.3. The van der Waals surface area contributed by atoms with Gasteiger partial charge in [0.2, 0.25) is 11.8 Å². The predicted octanol–water partition coefficient (Wildman–Crippen LogP) is 12.7. The van der Waals surface area contributed by atoms with Crippen molar-refractivity contribution in [3.63, 3.8) is 0 Å². The summed E-state index contributed by atoms with van der Waals surface area (Å²) in [5, 5.41) is 29.0. The monoisotopic (exact) mass is 1540 g/mol. The summed E-state index contributed by atoms with van der Waals surface area (Å²) >= 11 is 1.58. The largest absolute Gasteiger partial charge is 0.497 e. The second kappa shape index (κ2) is 33.7. The van der Waals surface area contributed by atoms with Gasteiger partial charge in [-0.25, -0.2) is 9.78 Å². The number of imide groups is 2. The highest BCUT2D eigenvalue weighted by atomic mass is 32.1. The van der Waals surface area contributed by atoms with Crippen LogP contribution in [0.1, 0.15) is 170 Å². The van der Waals surface area contributed by atoms with Crippen LogP contribution in [-0.2, 0) is 61.4 Å². The second-order valence-electron chi connectivity index (χ2n) is 33.2. The number of hydrogen-bond acceptors (Lipinski definition) is 21. The third-order valence-electron chi connectivity index (χ3n) is 22.2. The molecule has 14 rings (SSSR count). The number of methoxy groups -OCH3 is 1. The van der Waals surface area contributed by atoms with E-state index in [9.17, 15) is 24.0 Å². The number of hydrogen-bond donors (Lipinski definition) is 2. The van der Waals surface area contributed by atoms with Crippen LogP contribution in [0, 0.1) is 30.1 Å². The summed E-state index contributed by atoms with van der Waals surface area (Å²) in [6, 6.07) is 26.2. The fourth-order valence-corrected chi connectivity index (χ4v) is 19.7. The molecule has 3 unspecified atom stereocenters. The standard InChI is InChI=1S/C82H105N15O11SSi/c1-55-42-68(89-90-73(55)87-78-95(54-105-40-41-110(8,9)10)63-24-16-17-26-66(63)109-78)94(37-20-14-19-36-93-44-58(88-91-93)22-15-12-11-13-18-35-83-70(99)46-106-65-25-21-23-61-71(65)76(102)97(75(61)101)64-32-34-69(98)86-74(64)100)67-33-31-60(72(85-67)77(103)107-45-57-27-29-59(104-7)30-28-57)62-43-84-96(56(62)2)53-81-48-79(3)47-80(4,49-81)51-82(50-79,52-81)108-39-38-92(5)6/h16-17,21,23-31,33,42-44,64H,11-15,18-20,22,32,34-41,45-54H2,1-10H3,(H,83,99)(H,86,98,100)/b87-78-. The fourth-order valence-electron chi connectivity index (χ4n) is 17.9. The van der Waals surface area contributed by atoms with Crippen molar-refractivity contribution in [2.75, 3.05) is 65.6 Å². The van der Waals surface area contributed by atoms with Gasteiger partial charge in [-0.1, -0.05) is 99.6 Å². The average molecular weight is 1540 g/mol. The Bertz CT molecular complexity index is 4760. The van der Waals surface area contributed by atoms with Crippen LogP contribution < -0.4 is 29.8 Å². The van der Waals surface area contributed by atoms with E-state index in [4.69, 9.17) is 49.0 Å². The molecule has 7 heterocycles. The van der Waals surface area contributed by atoms with Gasteiger partial charge in [-0.15, -0.1) is 15.3 Å². The molecule has 2 N–H and O–H groups in total. The summed E-state index contributed by atoms with van der Waals surface area (Å²) in [7, 11) is 4.51. The van der Waals surface area contributed by atoms with Crippen molar-refractivity contribution < 1.29 is 52.5 Å². The van der Waals surface area contributed by atoms with Crippen LogP contribution in [-0.4, -0.2) is 170 Å². The SMILES string of the molecule is COc1ccc(COC(=O)c2nc(N(CCCCCn3cc(CCCCCCCNC(=O)COc4cccc5c4C(=O)N(C4CCC(=O)NC4=O)C5=O)nn3)c3cc(C)c(/N=c4\sc5ccccc5n4COCC[Si](C)(C)C)nn3)ccc2-c2cnn(CC34CC5(C)CC(C)(C3)CC(OCCN(C)C)(C5)C4)c2C)cc1. The van der Waals surface area contributed by atoms with Crippen molar-refractivity contribution in [1.82, 2.24) is 65.0 Å². The fraction of sp³-hybridized carbons (Fsp3) is 0.524. The quantitative estimate of drug-likeness (QED) is 0.0158. The predicted molar refractivity (Wildman–Crippen MR) is 421 cm³/mol. The van der Waals surface area contributed by atoms with E-state index < -0.39 is 43.7 Å². The Morgan fingerprint density at radius 2 is 1.56 bits per heavy atom. The van der Waals surface area contributed by atoms with E-state index in [-0.39, 0.29) is 76.4 Å². The number of nitrogens with one attached hydrogen (secondary N) is 2. The number of thiazole rings is 1. The van der Waals surface area contributed by atoms with Gasteiger partial charge in [-0.2, -0.15) is 10.1 Å². The van der Waals surface area contributed by atoms with Crippen LogP contribution in [0.15, 0.2) is 102 Å². The van der Waals surface area contributed by atoms with Gasteiger partial charge in [0.05, 0.1) is 52.6 Å². The minimum atomic E-state index is -1.32. The summed E-state index contributed by atoms with van der Waals surface area (Å²) in [6.45, 7) is 20.7. The number of ether oxygens (including phenoxy) is 5. The molecule has 0 spiro atoms. The first kappa shape index (κ1) is 78.8. The molecule has 4 saturated carbocycles. The van der Waals surface area contributed by atoms with Crippen LogP contribution >= 0.6 is 11.3 Å². The number of fused-ring (bicyclic) bond motifs is 2. The number of amides is 5. The van der Waals surface area contributed by atoms with Gasteiger partial charge >= 0.3 is 5.97 Å². The van der Waals surface area contributed by atoms with Gasteiger partial charge in [0, 0.05) is 76.8 Å². The molecule has 0 radical (unpaired) electrons. The maximum Gasteiger partial charge on any atom is 0.358 e. The second-order valence-corrected chi connectivity index (χ2v) is 39.9. The van der Waals surface area contributed by atoms with Crippen molar-refractivity contribution in [1.29, 1.82) is 0 Å². The first-order valence-electron chi connectivity index (χ1n) is 38.9. The number of unbranched alkanes of at least 4 members (excludes halogenated alkanes) is 6. The molecule has 3 atom stereocenters. The lowest BCUT2D eigenvalue weighted by molar-refractivity contribution is -0.248. The number of rotatable bonds is 37. The number of nitrogens with zero attached hydrogens (tertiary/aromatic N) is 13. The highest BCUT2D eigenvalue weighted by molar-refractivity contribution is 7.16. The van der Waals surface area contributed by atoms with E-state index >= 15 is 4.79 Å². The molecule has 2 aliphatic heterocycles. The zero-order chi connectivity index (χ0) is 77.5. The highest BCUT2D eigenvalue weighted by Gasteiger charge is 2.66. The lowest BCUT2D eigenvalue weighted by Gasteiger charge is -2.69. The molecular formula is C82H105N15O11SSi. The number of aryl methyl sites for hydroxylation is 3. The molecule has 26 nitrogen and oxygen atoms in total. The van der Waals surface area contributed by atoms with Gasteiger partial charge in [0.15, 0.2) is 28.7 Å². The van der Waals surface area contributed by atoms with E-state index in [1.54, 1.807) is 24.5 Å². The van der Waals surface area contributed by atoms with Crippen molar-refractivity contribution in [2.45, 2.75) is 201 Å². The number of likely N-dealkylation sites (N-methyl/N-ethyl adjacent to an activating group) is 1. The van der Waals surface area contributed by atoms with Crippen molar-refractivity contribution in [2.24, 2.45) is 21.2 Å². The van der Waals surface area contributed by atoms with Gasteiger partial charge < -0.3 is 38.8 Å². The van der Waals surface area contributed by atoms with Crippen LogP contribution in [0.3, 0.4) is 0 Å². The number of carbonyl (C=O) groups is 6. The molecule has 5 amide bonds. The number of benzene rings is 3. The molecule has 4 bridgehead atoms. The van der Waals surface area contributed by atoms with Gasteiger partial charge in [-0.3, -0.25) is 48.1 Å². The normalized spacial score (nSPS) is 21.0. The minimum absolute atomic E-state index is 0.00714. The molecule has 1 saturated heterocycles. The molecule has 4 aliphatic carbocycles. The Morgan fingerprint density at radius 3 is 2.33 bits per heavy atom. The van der Waals surface area contributed by atoms with E-state index in [0.717, 1.165) is 157 Å². The molecule has 110 heavy (non-hydrogen) atoms. The lowest BCUT2D eigenvalue weighted by atomic mass is 9.39.